The molecule has 20 heavy (non-hydrogen) atoms. The van der Waals surface area contributed by atoms with E-state index in [1.807, 2.05) is 0 Å². The number of alkyl carbamates (subject to hydrolysis) is 1. The van der Waals surface area contributed by atoms with Gasteiger partial charge < -0.3 is 15.2 Å². The molecule has 7 heteroatoms. The Labute approximate surface area is 122 Å². The number of halogens is 1. The summed E-state index contributed by atoms with van der Waals surface area (Å²) in [4.78, 5) is 26.8. The quantitative estimate of drug-likeness (QED) is 0.895. The molecule has 1 aromatic rings. The number of aromatic nitrogens is 1. The zero-order valence-electron chi connectivity index (χ0n) is 11.7. The Hall–Kier alpha value is -1.82. The van der Waals surface area contributed by atoms with Crippen molar-refractivity contribution in [3.63, 3.8) is 0 Å². The van der Waals surface area contributed by atoms with Crippen LogP contribution in [0.5, 0.6) is 0 Å². The minimum absolute atomic E-state index is 0.0546. The summed E-state index contributed by atoms with van der Waals surface area (Å²) in [5, 5.41) is 11.9. The summed E-state index contributed by atoms with van der Waals surface area (Å²) in [6.07, 6.45) is 0.689. The Kier molecular flexibility index (Phi) is 4.94. The smallest absolute Gasteiger partial charge is 0.408 e. The van der Waals surface area contributed by atoms with Crippen LogP contribution in [0.25, 0.3) is 0 Å². The van der Waals surface area contributed by atoms with Crippen LogP contribution in [0, 0.1) is 0 Å². The molecule has 1 amide bonds. The van der Waals surface area contributed by atoms with Crippen LogP contribution in [0.2, 0.25) is 5.02 Å². The van der Waals surface area contributed by atoms with E-state index in [1.54, 1.807) is 27.7 Å². The van der Waals surface area contributed by atoms with Gasteiger partial charge in [0.2, 0.25) is 0 Å². The standard InChI is InChI=1S/C13H17ClN2O4/c1-7(16-12(19)20-13(2,3)4)10-9(11(17)18)5-8(14)6-15-10/h5-7H,1-4H3,(H,16,19)(H,17,18). The van der Waals surface area contributed by atoms with E-state index in [2.05, 4.69) is 10.3 Å². The second-order valence-corrected chi connectivity index (χ2v) is 5.70. The van der Waals surface area contributed by atoms with Crippen molar-refractivity contribution in [2.45, 2.75) is 39.3 Å². The molecule has 1 atom stereocenters. The molecule has 2 N–H and O–H groups in total. The molecule has 0 spiro atoms. The van der Waals surface area contributed by atoms with E-state index in [0.717, 1.165) is 0 Å². The van der Waals surface area contributed by atoms with Gasteiger partial charge in [0.25, 0.3) is 0 Å². The third-order valence-electron chi connectivity index (χ3n) is 2.26. The van der Waals surface area contributed by atoms with Gasteiger partial charge in [-0.25, -0.2) is 9.59 Å². The molecule has 1 rings (SSSR count). The van der Waals surface area contributed by atoms with Gasteiger partial charge in [0.05, 0.1) is 22.3 Å². The third kappa shape index (κ3) is 4.70. The Morgan fingerprint density at radius 2 is 2.05 bits per heavy atom. The highest BCUT2D eigenvalue weighted by atomic mass is 35.5. The van der Waals surface area contributed by atoms with Crippen LogP contribution < -0.4 is 5.32 Å². The normalized spacial score (nSPS) is 12.7. The number of rotatable bonds is 3. The first-order valence-electron chi connectivity index (χ1n) is 5.98. The van der Waals surface area contributed by atoms with Crippen molar-refractivity contribution in [3.05, 3.63) is 28.5 Å². The maximum atomic E-state index is 11.7. The molecule has 0 aliphatic rings. The molecule has 0 fully saturated rings. The number of aromatic carboxylic acids is 1. The number of hydrogen-bond acceptors (Lipinski definition) is 4. The van der Waals surface area contributed by atoms with Crippen molar-refractivity contribution < 1.29 is 19.4 Å². The van der Waals surface area contributed by atoms with E-state index in [-0.39, 0.29) is 16.3 Å². The molecule has 6 nitrogen and oxygen atoms in total. The lowest BCUT2D eigenvalue weighted by molar-refractivity contribution is 0.0503. The predicted octanol–water partition coefficient (Wildman–Crippen LogP) is 3.02. The van der Waals surface area contributed by atoms with Gasteiger partial charge >= 0.3 is 12.1 Å². The fraction of sp³-hybridized carbons (Fsp3) is 0.462. The first-order valence-corrected chi connectivity index (χ1v) is 6.36. The van der Waals surface area contributed by atoms with Gasteiger partial charge in [0.15, 0.2) is 0 Å². The Morgan fingerprint density at radius 1 is 1.45 bits per heavy atom. The number of nitrogens with zero attached hydrogens (tertiary/aromatic N) is 1. The van der Waals surface area contributed by atoms with Gasteiger partial charge in [0.1, 0.15) is 5.60 Å². The van der Waals surface area contributed by atoms with E-state index in [4.69, 9.17) is 21.4 Å². The summed E-state index contributed by atoms with van der Waals surface area (Å²) < 4.78 is 5.10. The number of ether oxygens (including phenoxy) is 1. The molecule has 1 heterocycles. The van der Waals surface area contributed by atoms with Crippen LogP contribution in [0.3, 0.4) is 0 Å². The molecular weight excluding hydrogens is 284 g/mol. The lowest BCUT2D eigenvalue weighted by atomic mass is 10.1. The van der Waals surface area contributed by atoms with Gasteiger partial charge in [-0.3, -0.25) is 4.98 Å². The van der Waals surface area contributed by atoms with Crippen LogP contribution in [0.4, 0.5) is 4.79 Å². The molecule has 0 saturated carbocycles. The van der Waals surface area contributed by atoms with Crippen molar-refractivity contribution >= 4 is 23.7 Å². The predicted molar refractivity (Wildman–Crippen MR) is 74.0 cm³/mol. The summed E-state index contributed by atoms with van der Waals surface area (Å²) in [7, 11) is 0. The number of carboxylic acid groups (broad SMARTS) is 1. The van der Waals surface area contributed by atoms with Gasteiger partial charge in [-0.2, -0.15) is 0 Å². The highest BCUT2D eigenvalue weighted by Crippen LogP contribution is 2.20. The van der Waals surface area contributed by atoms with Crippen molar-refractivity contribution in [3.8, 4) is 0 Å². The van der Waals surface area contributed by atoms with E-state index in [1.165, 1.54) is 12.3 Å². The lowest BCUT2D eigenvalue weighted by Crippen LogP contribution is -2.34. The second-order valence-electron chi connectivity index (χ2n) is 5.26. The molecule has 1 aromatic heterocycles. The van der Waals surface area contributed by atoms with E-state index < -0.39 is 23.7 Å². The van der Waals surface area contributed by atoms with E-state index >= 15 is 0 Å². The van der Waals surface area contributed by atoms with Crippen molar-refractivity contribution in [1.29, 1.82) is 0 Å². The average Bonchev–Trinajstić information content (AvgIpc) is 2.25. The summed E-state index contributed by atoms with van der Waals surface area (Å²) >= 11 is 5.72. The van der Waals surface area contributed by atoms with Crippen molar-refractivity contribution in [2.24, 2.45) is 0 Å². The van der Waals surface area contributed by atoms with Gasteiger partial charge in [0, 0.05) is 6.20 Å². The number of carboxylic acids is 1. The topological polar surface area (TPSA) is 88.5 Å². The van der Waals surface area contributed by atoms with Crippen LogP contribution in [0.1, 0.15) is 49.8 Å². The number of carbonyl (C=O) groups excluding carboxylic acids is 1. The maximum Gasteiger partial charge on any atom is 0.408 e. The van der Waals surface area contributed by atoms with Crippen molar-refractivity contribution in [2.75, 3.05) is 0 Å². The molecule has 0 aliphatic carbocycles. The minimum atomic E-state index is -1.16. The summed E-state index contributed by atoms with van der Waals surface area (Å²) in [6.45, 7) is 6.83. The molecule has 0 aromatic carbocycles. The Balaban J connectivity index is 2.90. The maximum absolute atomic E-state index is 11.7. The molecule has 0 bridgehead atoms. The number of pyridine rings is 1. The number of amides is 1. The monoisotopic (exact) mass is 300 g/mol. The first-order chi connectivity index (χ1) is 9.10. The second kappa shape index (κ2) is 6.09. The highest BCUT2D eigenvalue weighted by molar-refractivity contribution is 6.30. The largest absolute Gasteiger partial charge is 0.478 e. The Morgan fingerprint density at radius 3 is 2.55 bits per heavy atom. The number of carbonyl (C=O) groups is 2. The van der Waals surface area contributed by atoms with Crippen LogP contribution in [-0.4, -0.2) is 27.8 Å². The molecule has 0 radical (unpaired) electrons. The zero-order valence-corrected chi connectivity index (χ0v) is 12.5. The summed E-state index contributed by atoms with van der Waals surface area (Å²) in [5.41, 5.74) is -0.471. The highest BCUT2D eigenvalue weighted by Gasteiger charge is 2.22. The van der Waals surface area contributed by atoms with Crippen LogP contribution in [-0.2, 0) is 4.74 Å². The number of nitrogens with one attached hydrogen (secondary N) is 1. The Bertz CT molecular complexity index is 526. The summed E-state index contributed by atoms with van der Waals surface area (Å²) in [6, 6.07) is 0.674. The van der Waals surface area contributed by atoms with Gasteiger partial charge in [-0.05, 0) is 33.8 Å². The van der Waals surface area contributed by atoms with Gasteiger partial charge in [-0.15, -0.1) is 0 Å². The average molecular weight is 301 g/mol. The number of hydrogen-bond donors (Lipinski definition) is 2. The molecular formula is C13H17ClN2O4. The molecule has 0 saturated heterocycles. The molecule has 0 aliphatic heterocycles. The van der Waals surface area contributed by atoms with Crippen molar-refractivity contribution in [1.82, 2.24) is 10.3 Å². The first kappa shape index (κ1) is 16.2. The van der Waals surface area contributed by atoms with Crippen LogP contribution >= 0.6 is 11.6 Å². The third-order valence-corrected chi connectivity index (χ3v) is 2.47. The lowest BCUT2D eigenvalue weighted by Gasteiger charge is -2.22. The fourth-order valence-corrected chi connectivity index (χ4v) is 1.68. The SMILES string of the molecule is CC(NC(=O)OC(C)(C)C)c1ncc(Cl)cc1C(=O)O. The molecule has 1 unspecified atom stereocenters. The summed E-state index contributed by atoms with van der Waals surface area (Å²) in [5.74, 6) is -1.16. The zero-order chi connectivity index (χ0) is 15.5. The van der Waals surface area contributed by atoms with Crippen LogP contribution in [0.15, 0.2) is 12.3 Å². The van der Waals surface area contributed by atoms with E-state index in [0.29, 0.717) is 0 Å². The molecule has 110 valence electrons. The van der Waals surface area contributed by atoms with Gasteiger partial charge in [-0.1, -0.05) is 11.6 Å². The minimum Gasteiger partial charge on any atom is -0.478 e. The fourth-order valence-electron chi connectivity index (χ4n) is 1.52. The van der Waals surface area contributed by atoms with E-state index in [9.17, 15) is 9.59 Å².